The Hall–Kier alpha value is -0.230. The quantitative estimate of drug-likeness (QED) is 0.820. The SMILES string of the molecule is CC(C)CSC(=O)NC1CCS(=O)(=O)C1. The van der Waals surface area contributed by atoms with Crippen LogP contribution < -0.4 is 5.32 Å². The average molecular weight is 251 g/mol. The fraction of sp³-hybridized carbons (Fsp3) is 0.889. The first kappa shape index (κ1) is 12.8. The summed E-state index contributed by atoms with van der Waals surface area (Å²) < 4.78 is 22.3. The number of amides is 1. The molecule has 1 rings (SSSR count). The summed E-state index contributed by atoms with van der Waals surface area (Å²) in [6.45, 7) is 4.08. The van der Waals surface area contributed by atoms with Crippen molar-refractivity contribution in [2.24, 2.45) is 5.92 Å². The Labute approximate surface area is 95.1 Å². The number of carbonyl (C=O) groups excluding carboxylic acids is 1. The molecule has 0 spiro atoms. The number of hydrogen-bond donors (Lipinski definition) is 1. The lowest BCUT2D eigenvalue weighted by atomic mass is 10.3. The van der Waals surface area contributed by atoms with Crippen molar-refractivity contribution in [3.63, 3.8) is 0 Å². The maximum Gasteiger partial charge on any atom is 0.279 e. The second kappa shape index (κ2) is 5.21. The van der Waals surface area contributed by atoms with Gasteiger partial charge in [-0.25, -0.2) is 8.42 Å². The second-order valence-electron chi connectivity index (χ2n) is 4.24. The first-order valence-corrected chi connectivity index (χ1v) is 7.83. The van der Waals surface area contributed by atoms with Gasteiger partial charge in [0, 0.05) is 11.8 Å². The van der Waals surface area contributed by atoms with Crippen LogP contribution in [0.4, 0.5) is 4.79 Å². The molecule has 0 bridgehead atoms. The van der Waals surface area contributed by atoms with Gasteiger partial charge in [-0.15, -0.1) is 0 Å². The van der Waals surface area contributed by atoms with Crippen molar-refractivity contribution in [3.05, 3.63) is 0 Å². The molecular formula is C9H17NO3S2. The zero-order valence-corrected chi connectivity index (χ0v) is 10.7. The van der Waals surface area contributed by atoms with Crippen LogP contribution in [0.1, 0.15) is 20.3 Å². The fourth-order valence-corrected chi connectivity index (χ4v) is 3.77. The van der Waals surface area contributed by atoms with Gasteiger partial charge in [0.25, 0.3) is 5.24 Å². The van der Waals surface area contributed by atoms with Gasteiger partial charge >= 0.3 is 0 Å². The van der Waals surface area contributed by atoms with E-state index in [-0.39, 0.29) is 22.8 Å². The van der Waals surface area contributed by atoms with Crippen molar-refractivity contribution in [2.45, 2.75) is 26.3 Å². The van der Waals surface area contributed by atoms with Gasteiger partial charge in [-0.1, -0.05) is 25.6 Å². The van der Waals surface area contributed by atoms with Crippen molar-refractivity contribution in [2.75, 3.05) is 17.3 Å². The molecule has 1 saturated heterocycles. The lowest BCUT2D eigenvalue weighted by molar-refractivity contribution is 0.258. The molecule has 1 heterocycles. The highest BCUT2D eigenvalue weighted by atomic mass is 32.2. The van der Waals surface area contributed by atoms with E-state index in [2.05, 4.69) is 5.32 Å². The van der Waals surface area contributed by atoms with Crippen molar-refractivity contribution in [3.8, 4) is 0 Å². The van der Waals surface area contributed by atoms with Crippen LogP contribution in [0.2, 0.25) is 0 Å². The Balaban J connectivity index is 2.28. The summed E-state index contributed by atoms with van der Waals surface area (Å²) in [5.41, 5.74) is 0. The Kier molecular flexibility index (Phi) is 4.45. The molecule has 1 unspecified atom stereocenters. The molecule has 1 atom stereocenters. The minimum Gasteiger partial charge on any atom is -0.343 e. The fourth-order valence-electron chi connectivity index (χ4n) is 1.36. The van der Waals surface area contributed by atoms with Gasteiger partial charge in [0.15, 0.2) is 9.84 Å². The summed E-state index contributed by atoms with van der Waals surface area (Å²) in [5.74, 6) is 1.53. The highest BCUT2D eigenvalue weighted by Crippen LogP contribution is 2.14. The van der Waals surface area contributed by atoms with Crippen LogP contribution in [0.25, 0.3) is 0 Å². The zero-order chi connectivity index (χ0) is 11.5. The molecular weight excluding hydrogens is 234 g/mol. The topological polar surface area (TPSA) is 63.2 Å². The largest absolute Gasteiger partial charge is 0.343 e. The minimum atomic E-state index is -2.90. The first-order chi connectivity index (χ1) is 6.89. The van der Waals surface area contributed by atoms with Crippen LogP contribution in [0.5, 0.6) is 0 Å². The second-order valence-corrected chi connectivity index (χ2v) is 7.46. The zero-order valence-electron chi connectivity index (χ0n) is 9.02. The van der Waals surface area contributed by atoms with Crippen LogP contribution >= 0.6 is 11.8 Å². The van der Waals surface area contributed by atoms with Gasteiger partial charge in [-0.3, -0.25) is 4.79 Å². The number of nitrogens with one attached hydrogen (secondary N) is 1. The molecule has 6 heteroatoms. The molecule has 1 aliphatic heterocycles. The molecule has 88 valence electrons. The summed E-state index contributed by atoms with van der Waals surface area (Å²) in [7, 11) is -2.90. The average Bonchev–Trinajstić information content (AvgIpc) is 2.42. The van der Waals surface area contributed by atoms with Crippen LogP contribution in [-0.4, -0.2) is 37.0 Å². The smallest absolute Gasteiger partial charge is 0.279 e. The van der Waals surface area contributed by atoms with Crippen LogP contribution in [0.3, 0.4) is 0 Å². The van der Waals surface area contributed by atoms with Crippen LogP contribution in [-0.2, 0) is 9.84 Å². The first-order valence-electron chi connectivity index (χ1n) is 5.03. The standard InChI is InChI=1S/C9H17NO3S2/c1-7(2)5-14-9(11)10-8-3-4-15(12,13)6-8/h7-8H,3-6H2,1-2H3,(H,10,11). The number of sulfone groups is 1. The third-order valence-electron chi connectivity index (χ3n) is 2.10. The summed E-state index contributed by atoms with van der Waals surface area (Å²) in [6, 6.07) is -0.179. The predicted molar refractivity (Wildman–Crippen MR) is 62.9 cm³/mol. The summed E-state index contributed by atoms with van der Waals surface area (Å²) in [4.78, 5) is 11.4. The monoisotopic (exact) mass is 251 g/mol. The van der Waals surface area contributed by atoms with Crippen LogP contribution in [0.15, 0.2) is 0 Å². The maximum atomic E-state index is 11.4. The van der Waals surface area contributed by atoms with E-state index in [4.69, 9.17) is 0 Å². The lowest BCUT2D eigenvalue weighted by Crippen LogP contribution is -2.33. The molecule has 1 amide bonds. The van der Waals surface area contributed by atoms with Gasteiger partial charge in [0.1, 0.15) is 0 Å². The molecule has 0 aliphatic carbocycles. The molecule has 0 aromatic carbocycles. The number of rotatable bonds is 3. The molecule has 4 nitrogen and oxygen atoms in total. The molecule has 0 aromatic rings. The maximum absolute atomic E-state index is 11.4. The summed E-state index contributed by atoms with van der Waals surface area (Å²) in [5, 5.41) is 2.63. The molecule has 0 aromatic heterocycles. The van der Waals surface area contributed by atoms with Crippen molar-refractivity contribution < 1.29 is 13.2 Å². The van der Waals surface area contributed by atoms with E-state index in [1.807, 2.05) is 13.8 Å². The van der Waals surface area contributed by atoms with Crippen molar-refractivity contribution in [1.29, 1.82) is 0 Å². The molecule has 1 fully saturated rings. The van der Waals surface area contributed by atoms with Crippen LogP contribution in [0, 0.1) is 5.92 Å². The minimum absolute atomic E-state index is 0.0982. The van der Waals surface area contributed by atoms with Gasteiger partial charge < -0.3 is 5.32 Å². The lowest BCUT2D eigenvalue weighted by Gasteiger charge is -2.10. The van der Waals surface area contributed by atoms with E-state index in [0.29, 0.717) is 12.3 Å². The Morgan fingerprint density at radius 1 is 1.53 bits per heavy atom. The van der Waals surface area contributed by atoms with E-state index in [9.17, 15) is 13.2 Å². The highest BCUT2D eigenvalue weighted by Gasteiger charge is 2.28. The predicted octanol–water partition coefficient (Wildman–Crippen LogP) is 1.27. The summed E-state index contributed by atoms with van der Waals surface area (Å²) >= 11 is 1.23. The molecule has 15 heavy (non-hydrogen) atoms. The third kappa shape index (κ3) is 4.88. The molecule has 0 radical (unpaired) electrons. The van der Waals surface area contributed by atoms with Gasteiger partial charge in [0.2, 0.25) is 0 Å². The number of carbonyl (C=O) groups is 1. The van der Waals surface area contributed by atoms with Gasteiger partial charge in [0.05, 0.1) is 11.5 Å². The van der Waals surface area contributed by atoms with Crippen molar-refractivity contribution in [1.82, 2.24) is 5.32 Å². The van der Waals surface area contributed by atoms with E-state index in [0.717, 1.165) is 5.75 Å². The number of hydrogen-bond acceptors (Lipinski definition) is 4. The van der Waals surface area contributed by atoms with E-state index < -0.39 is 9.84 Å². The van der Waals surface area contributed by atoms with E-state index in [1.165, 1.54) is 11.8 Å². The normalized spacial score (nSPS) is 24.3. The molecule has 1 N–H and O–H groups in total. The summed E-state index contributed by atoms with van der Waals surface area (Å²) in [6.07, 6.45) is 0.552. The van der Waals surface area contributed by atoms with Gasteiger partial charge in [-0.05, 0) is 12.3 Å². The molecule has 0 saturated carbocycles. The Morgan fingerprint density at radius 3 is 2.67 bits per heavy atom. The molecule has 1 aliphatic rings. The Morgan fingerprint density at radius 2 is 2.20 bits per heavy atom. The third-order valence-corrected chi connectivity index (χ3v) is 5.08. The Bertz CT molecular complexity index is 324. The van der Waals surface area contributed by atoms with E-state index >= 15 is 0 Å². The van der Waals surface area contributed by atoms with Crippen molar-refractivity contribution >= 4 is 26.8 Å². The number of thioether (sulfide) groups is 1. The van der Waals surface area contributed by atoms with E-state index in [1.54, 1.807) is 0 Å². The van der Waals surface area contributed by atoms with Gasteiger partial charge in [-0.2, -0.15) is 0 Å². The highest BCUT2D eigenvalue weighted by molar-refractivity contribution is 8.13.